The summed E-state index contributed by atoms with van der Waals surface area (Å²) < 4.78 is 0. The minimum Gasteiger partial charge on any atom is -0.370 e. The average Bonchev–Trinajstić information content (AvgIpc) is 2.58. The Morgan fingerprint density at radius 3 is 1.14 bits per heavy atom. The summed E-state index contributed by atoms with van der Waals surface area (Å²) in [7, 11) is 0. The molecule has 5 N–H and O–H groups in total. The Morgan fingerprint density at radius 1 is 0.727 bits per heavy atom. The minimum atomic E-state index is 0. The minimum absolute atomic E-state index is 0. The number of rotatable bonds is 4. The molecule has 0 aliphatic rings. The van der Waals surface area contributed by atoms with E-state index in [1.165, 1.54) is 0 Å². The molecule has 0 aliphatic heterocycles. The van der Waals surface area contributed by atoms with Gasteiger partial charge in [-0.25, -0.2) is 0 Å². The summed E-state index contributed by atoms with van der Waals surface area (Å²) in [5.41, 5.74) is 11.0. The van der Waals surface area contributed by atoms with Gasteiger partial charge in [-0.3, -0.25) is 15.3 Å². The molecule has 0 saturated heterocycles. The zero-order chi connectivity index (χ0) is 18.1. The third-order valence-electron chi connectivity index (χ3n) is 1.27. The molecule has 5 nitrogen and oxygen atoms in total. The second-order valence-corrected chi connectivity index (χ2v) is 2.66. The summed E-state index contributed by atoms with van der Waals surface area (Å²) in [5, 5.41) is 2.70. The Balaban J connectivity index is -0.0000000613. The Morgan fingerprint density at radius 2 is 0.955 bits per heavy atom. The van der Waals surface area contributed by atoms with Crippen LogP contribution in [0.4, 0.5) is 0 Å². The summed E-state index contributed by atoms with van der Waals surface area (Å²) in [6.07, 6.45) is 1.93. The third-order valence-corrected chi connectivity index (χ3v) is 1.27. The first-order chi connectivity index (χ1) is 10.2. The van der Waals surface area contributed by atoms with Crippen molar-refractivity contribution in [1.29, 1.82) is 0 Å². The second kappa shape index (κ2) is 50.6. The van der Waals surface area contributed by atoms with E-state index in [-0.39, 0.29) is 18.6 Å². The van der Waals surface area contributed by atoms with Crippen molar-refractivity contribution in [2.75, 3.05) is 13.1 Å². The summed E-state index contributed by atoms with van der Waals surface area (Å²) in [5.74, 6) is 0.665. The van der Waals surface area contributed by atoms with Gasteiger partial charge in [0, 0.05) is 31.6 Å². The summed E-state index contributed by atoms with van der Waals surface area (Å²) in [4.78, 5) is 8.03. The largest absolute Gasteiger partial charge is 0.370 e. The van der Waals surface area contributed by atoms with Gasteiger partial charge in [0.1, 0.15) is 0 Å². The fourth-order valence-electron chi connectivity index (χ4n) is 0.675. The molecule has 0 aromatic rings. The van der Waals surface area contributed by atoms with Crippen molar-refractivity contribution >= 4 is 11.9 Å². The van der Waals surface area contributed by atoms with Gasteiger partial charge in [-0.05, 0) is 12.8 Å². The summed E-state index contributed by atoms with van der Waals surface area (Å²) in [6.45, 7) is 29.5. The van der Waals surface area contributed by atoms with E-state index in [0.29, 0.717) is 25.0 Å². The maximum Gasteiger partial charge on any atom is 0.195 e. The predicted molar refractivity (Wildman–Crippen MR) is 102 cm³/mol. The summed E-state index contributed by atoms with van der Waals surface area (Å²) in [6, 6.07) is 0. The maximum atomic E-state index is 5.51. The summed E-state index contributed by atoms with van der Waals surface area (Å²) >= 11 is 0. The van der Waals surface area contributed by atoms with Gasteiger partial charge in [0.2, 0.25) is 0 Å². The van der Waals surface area contributed by atoms with E-state index in [1.54, 1.807) is 0 Å². The van der Waals surface area contributed by atoms with Crippen molar-refractivity contribution in [2.24, 2.45) is 21.5 Å². The number of nitrogens with two attached hydrogens (primary N) is 2. The van der Waals surface area contributed by atoms with E-state index in [2.05, 4.69) is 67.9 Å². The van der Waals surface area contributed by atoms with Crippen LogP contribution in [-0.4, -0.2) is 25.0 Å². The van der Waals surface area contributed by atoms with E-state index in [9.17, 15) is 0 Å². The van der Waals surface area contributed by atoms with Gasteiger partial charge in [-0.15, -0.1) is 52.6 Å². The fraction of sp³-hybridized carbons (Fsp3) is 0.375. The van der Waals surface area contributed by atoms with Crippen molar-refractivity contribution in [3.8, 4) is 0 Å². The van der Waals surface area contributed by atoms with Gasteiger partial charge in [0.05, 0.1) is 0 Å². The van der Waals surface area contributed by atoms with Crippen molar-refractivity contribution in [1.82, 2.24) is 5.32 Å². The molecule has 0 fully saturated rings. The van der Waals surface area contributed by atoms with E-state index in [1.807, 2.05) is 13.8 Å². The molecule has 0 amide bonds. The molecule has 6 heteroatoms. The van der Waals surface area contributed by atoms with Gasteiger partial charge in [0.15, 0.2) is 11.9 Å². The van der Waals surface area contributed by atoms with Crippen molar-refractivity contribution < 1.29 is 18.6 Å². The number of nitrogens with zero attached hydrogens (tertiary/aromatic N) is 2. The van der Waals surface area contributed by atoms with Crippen molar-refractivity contribution in [3.63, 3.8) is 0 Å². The molecule has 0 heterocycles. The van der Waals surface area contributed by atoms with Gasteiger partial charge < -0.3 is 11.5 Å². The van der Waals surface area contributed by atoms with Crippen LogP contribution in [0.25, 0.3) is 0 Å². The van der Waals surface area contributed by atoms with Crippen LogP contribution in [0, 0.1) is 0 Å². The number of aliphatic imine (C=N–C) groups is 2. The van der Waals surface area contributed by atoms with Gasteiger partial charge in [-0.2, -0.15) is 0 Å². The first-order valence-electron chi connectivity index (χ1n) is 6.57. The van der Waals surface area contributed by atoms with Crippen LogP contribution in [0.1, 0.15) is 26.7 Å². The molecule has 0 aromatic carbocycles. The van der Waals surface area contributed by atoms with Gasteiger partial charge >= 0.3 is 0 Å². The van der Waals surface area contributed by atoms with Crippen LogP contribution in [0.3, 0.4) is 0 Å². The molecular weight excluding hydrogens is 313 g/mol. The van der Waals surface area contributed by atoms with Crippen molar-refractivity contribution in [2.45, 2.75) is 26.7 Å². The van der Waals surface area contributed by atoms with Gasteiger partial charge in [0.25, 0.3) is 0 Å². The zero-order valence-electron chi connectivity index (χ0n) is 14.5. The Bertz CT molecular complexity index is 215. The molecule has 0 aromatic heterocycles. The molecule has 0 bridgehead atoms. The maximum absolute atomic E-state index is 5.51. The SMILES string of the molecule is C=C.C=C.C=C.C=C.CCCN=C(N)NC(N)=NCCC.[V]. The second-order valence-electron chi connectivity index (χ2n) is 2.66. The average molecular weight is 348 g/mol. The van der Waals surface area contributed by atoms with Crippen LogP contribution in [0.2, 0.25) is 0 Å². The standard InChI is InChI=1S/C8H19N5.4C2H4.V/c1-3-5-11-7(9)13-8(10)12-6-4-2;4*1-2;/h3-6H2,1-2H3,(H5,9,10,11,12,13);4*1-2H2;. The molecular formula is C16H35N5V. The molecule has 0 atom stereocenters. The third kappa shape index (κ3) is 51.6. The molecule has 0 spiro atoms. The zero-order valence-corrected chi connectivity index (χ0v) is 15.9. The van der Waals surface area contributed by atoms with Crippen LogP contribution in [0.15, 0.2) is 62.6 Å². The number of nitrogens with one attached hydrogen (secondary N) is 1. The molecule has 0 rings (SSSR count). The molecule has 22 heavy (non-hydrogen) atoms. The van der Waals surface area contributed by atoms with E-state index in [0.717, 1.165) is 12.8 Å². The molecule has 1 radical (unpaired) electrons. The predicted octanol–water partition coefficient (Wildman–Crippen LogP) is 3.23. The molecule has 0 saturated carbocycles. The molecule has 0 unspecified atom stereocenters. The molecule has 129 valence electrons. The van der Waals surface area contributed by atoms with Crippen LogP contribution < -0.4 is 16.8 Å². The number of hydrogen-bond acceptors (Lipinski definition) is 2. The first-order valence-corrected chi connectivity index (χ1v) is 6.57. The normalized spacial score (nSPS) is 8.45. The monoisotopic (exact) mass is 348 g/mol. The first kappa shape index (κ1) is 37.0. The Kier molecular flexibility index (Phi) is 85.1. The topological polar surface area (TPSA) is 88.8 Å². The van der Waals surface area contributed by atoms with E-state index < -0.39 is 0 Å². The van der Waals surface area contributed by atoms with Crippen molar-refractivity contribution in [3.05, 3.63) is 52.6 Å². The molecule has 0 aliphatic carbocycles. The number of guanidine groups is 2. The van der Waals surface area contributed by atoms with Gasteiger partial charge in [-0.1, -0.05) is 13.8 Å². The van der Waals surface area contributed by atoms with Crippen LogP contribution >= 0.6 is 0 Å². The number of hydrogen-bond donors (Lipinski definition) is 3. The fourth-order valence-corrected chi connectivity index (χ4v) is 0.675. The quantitative estimate of drug-likeness (QED) is 0.414. The van der Waals surface area contributed by atoms with Crippen LogP contribution in [-0.2, 0) is 18.6 Å². The Labute approximate surface area is 150 Å². The van der Waals surface area contributed by atoms with Crippen LogP contribution in [0.5, 0.6) is 0 Å². The Hall–Kier alpha value is -1.72. The van der Waals surface area contributed by atoms with E-state index in [4.69, 9.17) is 11.5 Å². The van der Waals surface area contributed by atoms with E-state index >= 15 is 0 Å². The smallest absolute Gasteiger partial charge is 0.195 e.